The largest absolute Gasteiger partial charge is 0.472 e. The number of hydrogen-bond acceptors (Lipinski definition) is 3. The molecule has 0 saturated heterocycles. The van der Waals surface area contributed by atoms with Gasteiger partial charge in [0.25, 0.3) is 0 Å². The van der Waals surface area contributed by atoms with Gasteiger partial charge in [-0.1, -0.05) is 40.7 Å². The summed E-state index contributed by atoms with van der Waals surface area (Å²) in [5, 5.41) is 4.03. The van der Waals surface area contributed by atoms with Crippen LogP contribution in [0.25, 0.3) is 6.08 Å². The molecule has 2 aromatic rings. The van der Waals surface area contributed by atoms with Gasteiger partial charge >= 0.3 is 0 Å². The van der Waals surface area contributed by atoms with E-state index in [1.54, 1.807) is 18.3 Å². The Kier molecular flexibility index (Phi) is 3.91. The molecule has 0 aliphatic rings. The van der Waals surface area contributed by atoms with Crippen molar-refractivity contribution in [3.05, 3.63) is 52.6 Å². The Morgan fingerprint density at radius 2 is 2.29 bits per heavy atom. The van der Waals surface area contributed by atoms with Crippen molar-refractivity contribution in [1.29, 1.82) is 0 Å². The zero-order chi connectivity index (χ0) is 12.3. The van der Waals surface area contributed by atoms with Crippen LogP contribution in [0.15, 0.2) is 41.5 Å². The lowest BCUT2D eigenvalue weighted by Crippen LogP contribution is -1.99. The fraction of sp³-hybridized carbons (Fsp3) is 0.0833. The SMILES string of the molecule is C=Cc1cccc(Br)c1COc1ccn(S)n1. The number of benzene rings is 1. The van der Waals surface area contributed by atoms with Crippen LogP contribution in [0.3, 0.4) is 0 Å². The predicted molar refractivity (Wildman–Crippen MR) is 75.2 cm³/mol. The zero-order valence-electron chi connectivity index (χ0n) is 9.01. The van der Waals surface area contributed by atoms with Gasteiger partial charge in [-0.25, -0.2) is 4.09 Å². The molecule has 88 valence electrons. The molecule has 1 heterocycles. The lowest BCUT2D eigenvalue weighted by Gasteiger charge is -2.08. The quantitative estimate of drug-likeness (QED) is 0.874. The maximum absolute atomic E-state index is 5.58. The topological polar surface area (TPSA) is 27.1 Å². The van der Waals surface area contributed by atoms with E-state index >= 15 is 0 Å². The standard InChI is InChI=1S/C12H11BrN2OS/c1-2-9-4-3-5-11(13)10(9)8-16-12-6-7-15(17)14-12/h2-7,17H,1,8H2. The number of hydrogen-bond donors (Lipinski definition) is 1. The molecule has 0 unspecified atom stereocenters. The van der Waals surface area contributed by atoms with Crippen LogP contribution < -0.4 is 4.74 Å². The fourth-order valence-electron chi connectivity index (χ4n) is 1.44. The van der Waals surface area contributed by atoms with Crippen LogP contribution in [0, 0.1) is 0 Å². The van der Waals surface area contributed by atoms with Crippen molar-refractivity contribution in [2.24, 2.45) is 0 Å². The third kappa shape index (κ3) is 2.92. The molecule has 5 heteroatoms. The van der Waals surface area contributed by atoms with E-state index in [0.717, 1.165) is 15.6 Å². The summed E-state index contributed by atoms with van der Waals surface area (Å²) in [6, 6.07) is 7.70. The number of nitrogens with zero attached hydrogens (tertiary/aromatic N) is 2. The van der Waals surface area contributed by atoms with Crippen LogP contribution in [-0.4, -0.2) is 9.19 Å². The molecular formula is C12H11BrN2OS. The van der Waals surface area contributed by atoms with Gasteiger partial charge < -0.3 is 4.74 Å². The lowest BCUT2D eigenvalue weighted by atomic mass is 10.1. The number of ether oxygens (including phenoxy) is 1. The Morgan fingerprint density at radius 1 is 1.47 bits per heavy atom. The molecular weight excluding hydrogens is 300 g/mol. The number of aromatic nitrogens is 2. The van der Waals surface area contributed by atoms with Gasteiger partial charge in [-0.3, -0.25) is 0 Å². The van der Waals surface area contributed by atoms with Crippen molar-refractivity contribution < 1.29 is 4.74 Å². The molecule has 0 saturated carbocycles. The minimum Gasteiger partial charge on any atom is -0.472 e. The summed E-state index contributed by atoms with van der Waals surface area (Å²) in [6.07, 6.45) is 3.52. The molecule has 1 aromatic carbocycles. The van der Waals surface area contributed by atoms with Crippen LogP contribution in [-0.2, 0) is 6.61 Å². The molecule has 0 amide bonds. The molecule has 3 nitrogen and oxygen atoms in total. The fourth-order valence-corrected chi connectivity index (χ4v) is 2.09. The first-order valence-corrected chi connectivity index (χ1v) is 6.17. The number of rotatable bonds is 4. The molecule has 2 rings (SSSR count). The minimum absolute atomic E-state index is 0.438. The third-order valence-electron chi connectivity index (χ3n) is 2.29. The van der Waals surface area contributed by atoms with E-state index in [-0.39, 0.29) is 0 Å². The van der Waals surface area contributed by atoms with E-state index in [1.807, 2.05) is 18.2 Å². The predicted octanol–water partition coefficient (Wildman–Crippen LogP) is 3.56. The zero-order valence-corrected chi connectivity index (χ0v) is 11.5. The molecule has 1 aromatic heterocycles. The van der Waals surface area contributed by atoms with Crippen molar-refractivity contribution in [3.8, 4) is 5.88 Å². The summed E-state index contributed by atoms with van der Waals surface area (Å²) >= 11 is 7.54. The second-order valence-electron chi connectivity index (χ2n) is 3.37. The average Bonchev–Trinajstić information content (AvgIpc) is 2.73. The molecule has 0 radical (unpaired) electrons. The van der Waals surface area contributed by atoms with Gasteiger partial charge in [0.15, 0.2) is 0 Å². The van der Waals surface area contributed by atoms with Crippen LogP contribution in [0.5, 0.6) is 5.88 Å². The highest BCUT2D eigenvalue weighted by molar-refractivity contribution is 9.10. The van der Waals surface area contributed by atoms with Gasteiger partial charge in [0.2, 0.25) is 5.88 Å². The normalized spacial score (nSPS) is 10.2. The van der Waals surface area contributed by atoms with Gasteiger partial charge in [-0.05, 0) is 24.4 Å². The highest BCUT2D eigenvalue weighted by atomic mass is 79.9. The molecule has 17 heavy (non-hydrogen) atoms. The lowest BCUT2D eigenvalue weighted by molar-refractivity contribution is 0.292. The molecule has 0 aliphatic heterocycles. The van der Waals surface area contributed by atoms with E-state index in [9.17, 15) is 0 Å². The van der Waals surface area contributed by atoms with E-state index in [2.05, 4.69) is 40.4 Å². The summed E-state index contributed by atoms with van der Waals surface area (Å²) in [4.78, 5) is 0. The van der Waals surface area contributed by atoms with Crippen molar-refractivity contribution in [1.82, 2.24) is 9.19 Å². The third-order valence-corrected chi connectivity index (χ3v) is 3.26. The van der Waals surface area contributed by atoms with Crippen LogP contribution in [0.2, 0.25) is 0 Å². The van der Waals surface area contributed by atoms with Crippen molar-refractivity contribution >= 4 is 34.8 Å². The highest BCUT2D eigenvalue weighted by Gasteiger charge is 2.06. The molecule has 0 atom stereocenters. The Balaban J connectivity index is 2.16. The maximum Gasteiger partial charge on any atom is 0.234 e. The van der Waals surface area contributed by atoms with Crippen molar-refractivity contribution in [2.75, 3.05) is 0 Å². The second kappa shape index (κ2) is 5.42. The molecule has 0 spiro atoms. The second-order valence-corrected chi connectivity index (χ2v) is 4.64. The van der Waals surface area contributed by atoms with Gasteiger partial charge in [-0.15, -0.1) is 5.10 Å². The first kappa shape index (κ1) is 12.3. The van der Waals surface area contributed by atoms with E-state index < -0.39 is 0 Å². The summed E-state index contributed by atoms with van der Waals surface area (Å²) < 4.78 is 7.98. The van der Waals surface area contributed by atoms with Crippen molar-refractivity contribution in [3.63, 3.8) is 0 Å². The summed E-state index contributed by atoms with van der Waals surface area (Å²) in [5.74, 6) is 0.547. The monoisotopic (exact) mass is 310 g/mol. The number of thiol groups is 1. The first-order chi connectivity index (χ1) is 8.20. The van der Waals surface area contributed by atoms with E-state index in [4.69, 9.17) is 4.74 Å². The van der Waals surface area contributed by atoms with Crippen LogP contribution in [0.1, 0.15) is 11.1 Å². The highest BCUT2D eigenvalue weighted by Crippen LogP contribution is 2.23. The Labute approximate surface area is 114 Å². The maximum atomic E-state index is 5.58. The smallest absolute Gasteiger partial charge is 0.234 e. The molecule has 0 aliphatic carbocycles. The van der Waals surface area contributed by atoms with Gasteiger partial charge in [-0.2, -0.15) is 0 Å². The number of halogens is 1. The van der Waals surface area contributed by atoms with Gasteiger partial charge in [0.05, 0.1) is 0 Å². The van der Waals surface area contributed by atoms with E-state index in [1.165, 1.54) is 4.09 Å². The summed E-state index contributed by atoms with van der Waals surface area (Å²) in [5.41, 5.74) is 2.10. The summed E-state index contributed by atoms with van der Waals surface area (Å²) in [7, 11) is 0. The minimum atomic E-state index is 0.438. The Morgan fingerprint density at radius 3 is 2.94 bits per heavy atom. The molecule has 0 bridgehead atoms. The van der Waals surface area contributed by atoms with Crippen LogP contribution in [0.4, 0.5) is 0 Å². The Hall–Kier alpha value is -1.20. The average molecular weight is 311 g/mol. The van der Waals surface area contributed by atoms with E-state index in [0.29, 0.717) is 12.5 Å². The molecule has 0 N–H and O–H groups in total. The van der Waals surface area contributed by atoms with Crippen LogP contribution >= 0.6 is 28.7 Å². The van der Waals surface area contributed by atoms with Crippen molar-refractivity contribution in [2.45, 2.75) is 6.61 Å². The Bertz CT molecular complexity index is 539. The van der Waals surface area contributed by atoms with Gasteiger partial charge in [0.1, 0.15) is 6.61 Å². The molecule has 0 fully saturated rings. The first-order valence-electron chi connectivity index (χ1n) is 4.98. The van der Waals surface area contributed by atoms with Gasteiger partial charge in [0, 0.05) is 22.3 Å². The summed E-state index contributed by atoms with van der Waals surface area (Å²) in [6.45, 7) is 4.22.